The summed E-state index contributed by atoms with van der Waals surface area (Å²) in [7, 11) is 1.37. The fourth-order valence-electron chi connectivity index (χ4n) is 2.44. The summed E-state index contributed by atoms with van der Waals surface area (Å²) in [6.45, 7) is -0.458. The van der Waals surface area contributed by atoms with Crippen LogP contribution in [-0.4, -0.2) is 45.7 Å². The Morgan fingerprint density at radius 2 is 2.25 bits per heavy atom. The number of hydrogen-bond acceptors (Lipinski definition) is 8. The number of nitrogens with one attached hydrogen (secondary N) is 1. The number of aliphatic hydroxyl groups is 2. The van der Waals surface area contributed by atoms with Crippen LogP contribution in [0.5, 0.6) is 11.5 Å². The standard InChI is InChI=1S/C15H18N4O5/c1-23-12(7-20)9(21)5-19-6-11-14(18-15(19)22)17-13-8(16)3-2-4-10(13)24-11/h2-4,6,9,12,20-21H,5,7,16H2,1H3,(H,17,18,22). The Bertz CT molecular complexity index is 803. The molecule has 2 unspecified atom stereocenters. The fraction of sp³-hybridized carbons (Fsp3) is 0.333. The minimum absolute atomic E-state index is 0.0919. The predicted molar refractivity (Wildman–Crippen MR) is 86.6 cm³/mol. The van der Waals surface area contributed by atoms with Crippen LogP contribution in [0.3, 0.4) is 0 Å². The van der Waals surface area contributed by atoms with Crippen LogP contribution in [0, 0.1) is 0 Å². The molecule has 0 bridgehead atoms. The maximum atomic E-state index is 12.1. The second-order valence-corrected chi connectivity index (χ2v) is 5.36. The second-order valence-electron chi connectivity index (χ2n) is 5.36. The second kappa shape index (κ2) is 6.48. The van der Waals surface area contributed by atoms with E-state index in [1.54, 1.807) is 18.2 Å². The van der Waals surface area contributed by atoms with Gasteiger partial charge in [0.2, 0.25) is 0 Å². The lowest BCUT2D eigenvalue weighted by atomic mass is 10.2. The van der Waals surface area contributed by atoms with Gasteiger partial charge in [0.25, 0.3) is 0 Å². The summed E-state index contributed by atoms with van der Waals surface area (Å²) in [5, 5.41) is 22.1. The van der Waals surface area contributed by atoms with E-state index in [0.29, 0.717) is 22.9 Å². The Morgan fingerprint density at radius 3 is 2.96 bits per heavy atom. The van der Waals surface area contributed by atoms with E-state index in [1.165, 1.54) is 17.9 Å². The van der Waals surface area contributed by atoms with Gasteiger partial charge in [0.1, 0.15) is 17.9 Å². The highest BCUT2D eigenvalue weighted by Gasteiger charge is 2.23. The normalized spacial score (nSPS) is 14.8. The van der Waals surface area contributed by atoms with Gasteiger partial charge in [0, 0.05) is 7.11 Å². The minimum atomic E-state index is -1.07. The van der Waals surface area contributed by atoms with Crippen LogP contribution in [0.4, 0.5) is 17.2 Å². The van der Waals surface area contributed by atoms with E-state index in [2.05, 4.69) is 10.3 Å². The van der Waals surface area contributed by atoms with Crippen molar-refractivity contribution < 1.29 is 19.7 Å². The average molecular weight is 334 g/mol. The Balaban J connectivity index is 1.89. The molecular weight excluding hydrogens is 316 g/mol. The molecule has 1 aliphatic heterocycles. The van der Waals surface area contributed by atoms with Gasteiger partial charge in [-0.05, 0) is 12.1 Å². The predicted octanol–water partition coefficient (Wildman–Crippen LogP) is 0.0430. The van der Waals surface area contributed by atoms with Crippen molar-refractivity contribution in [2.75, 3.05) is 24.8 Å². The third kappa shape index (κ3) is 2.92. The topological polar surface area (TPSA) is 132 Å². The Hall–Kier alpha value is -2.62. The molecule has 3 rings (SSSR count). The number of aliphatic hydroxyl groups excluding tert-OH is 2. The Labute approximate surface area is 137 Å². The van der Waals surface area contributed by atoms with E-state index < -0.39 is 17.9 Å². The lowest BCUT2D eigenvalue weighted by Crippen LogP contribution is -2.38. The van der Waals surface area contributed by atoms with E-state index in [1.807, 2.05) is 0 Å². The first-order valence-electron chi connectivity index (χ1n) is 7.30. The van der Waals surface area contributed by atoms with Crippen molar-refractivity contribution in [1.29, 1.82) is 0 Å². The number of hydrogen-bond donors (Lipinski definition) is 4. The van der Waals surface area contributed by atoms with E-state index in [9.17, 15) is 9.90 Å². The zero-order chi connectivity index (χ0) is 17.3. The Morgan fingerprint density at radius 1 is 1.46 bits per heavy atom. The number of ether oxygens (including phenoxy) is 2. The van der Waals surface area contributed by atoms with Crippen LogP contribution in [0.1, 0.15) is 0 Å². The van der Waals surface area contributed by atoms with Crippen LogP contribution >= 0.6 is 0 Å². The molecule has 2 atom stereocenters. The van der Waals surface area contributed by atoms with E-state index in [4.69, 9.17) is 20.3 Å². The van der Waals surface area contributed by atoms with Crippen molar-refractivity contribution >= 4 is 17.2 Å². The molecule has 1 aliphatic rings. The van der Waals surface area contributed by atoms with Gasteiger partial charge in [-0.15, -0.1) is 0 Å². The molecule has 128 valence electrons. The summed E-state index contributed by atoms with van der Waals surface area (Å²) in [6, 6.07) is 5.19. The van der Waals surface area contributed by atoms with Crippen molar-refractivity contribution in [1.82, 2.24) is 9.55 Å². The molecule has 0 amide bonds. The van der Waals surface area contributed by atoms with Gasteiger partial charge in [-0.1, -0.05) is 6.07 Å². The largest absolute Gasteiger partial charge is 0.450 e. The molecule has 0 aliphatic carbocycles. The van der Waals surface area contributed by atoms with Crippen molar-refractivity contribution in [3.05, 3.63) is 34.9 Å². The summed E-state index contributed by atoms with van der Waals surface area (Å²) < 4.78 is 11.9. The van der Waals surface area contributed by atoms with Gasteiger partial charge < -0.3 is 30.7 Å². The maximum absolute atomic E-state index is 12.1. The molecule has 0 saturated heterocycles. The fourth-order valence-corrected chi connectivity index (χ4v) is 2.44. The molecule has 2 heterocycles. The molecular formula is C15H18N4O5. The highest BCUT2D eigenvalue weighted by atomic mass is 16.5. The van der Waals surface area contributed by atoms with Crippen LogP contribution in [-0.2, 0) is 11.3 Å². The molecule has 0 spiro atoms. The average Bonchev–Trinajstić information content (AvgIpc) is 2.56. The zero-order valence-electron chi connectivity index (χ0n) is 13.0. The van der Waals surface area contributed by atoms with Gasteiger partial charge in [-0.25, -0.2) is 4.79 Å². The zero-order valence-corrected chi connectivity index (χ0v) is 13.0. The summed E-state index contributed by atoms with van der Waals surface area (Å²) >= 11 is 0. The number of nitrogens with zero attached hydrogens (tertiary/aromatic N) is 2. The van der Waals surface area contributed by atoms with Crippen LogP contribution in [0.15, 0.2) is 29.2 Å². The number of benzene rings is 1. The summed E-state index contributed by atoms with van der Waals surface area (Å²) in [5.41, 5.74) is 6.33. The lowest BCUT2D eigenvalue weighted by molar-refractivity contribution is -0.0475. The van der Waals surface area contributed by atoms with E-state index in [0.717, 1.165) is 0 Å². The maximum Gasteiger partial charge on any atom is 0.349 e. The summed E-state index contributed by atoms with van der Waals surface area (Å²) in [4.78, 5) is 16.1. The van der Waals surface area contributed by atoms with Gasteiger partial charge in [-0.3, -0.25) is 4.57 Å². The highest BCUT2D eigenvalue weighted by molar-refractivity contribution is 5.82. The van der Waals surface area contributed by atoms with E-state index in [-0.39, 0.29) is 19.0 Å². The van der Waals surface area contributed by atoms with Crippen LogP contribution < -0.4 is 21.5 Å². The first-order chi connectivity index (χ1) is 11.5. The summed E-state index contributed by atoms with van der Waals surface area (Å²) in [6.07, 6.45) is -0.429. The summed E-state index contributed by atoms with van der Waals surface area (Å²) in [5.74, 6) is 1.10. The van der Waals surface area contributed by atoms with Crippen LogP contribution in [0.25, 0.3) is 0 Å². The van der Waals surface area contributed by atoms with Gasteiger partial charge in [0.05, 0.1) is 25.0 Å². The number of methoxy groups -OCH3 is 1. The highest BCUT2D eigenvalue weighted by Crippen LogP contribution is 2.42. The number of para-hydroxylation sites is 1. The Kier molecular flexibility index (Phi) is 4.38. The van der Waals surface area contributed by atoms with Crippen LogP contribution in [0.2, 0.25) is 0 Å². The van der Waals surface area contributed by atoms with Gasteiger partial charge in [0.15, 0.2) is 17.3 Å². The number of anilines is 3. The molecule has 0 fully saturated rings. The lowest BCUT2D eigenvalue weighted by Gasteiger charge is -2.24. The number of nitrogen functional groups attached to an aromatic ring is 1. The third-order valence-electron chi connectivity index (χ3n) is 3.78. The van der Waals surface area contributed by atoms with Gasteiger partial charge >= 0.3 is 5.69 Å². The van der Waals surface area contributed by atoms with Gasteiger partial charge in [-0.2, -0.15) is 4.98 Å². The third-order valence-corrected chi connectivity index (χ3v) is 3.78. The molecule has 9 nitrogen and oxygen atoms in total. The van der Waals surface area contributed by atoms with Crippen molar-refractivity contribution in [3.8, 4) is 11.5 Å². The number of rotatable bonds is 5. The smallest absolute Gasteiger partial charge is 0.349 e. The molecule has 9 heteroatoms. The number of aromatic nitrogens is 2. The molecule has 1 aromatic heterocycles. The molecule has 5 N–H and O–H groups in total. The molecule has 1 aromatic carbocycles. The number of nitrogens with two attached hydrogens (primary N) is 1. The monoisotopic (exact) mass is 334 g/mol. The first kappa shape index (κ1) is 16.2. The molecule has 2 aromatic rings. The van der Waals surface area contributed by atoms with Crippen molar-refractivity contribution in [3.63, 3.8) is 0 Å². The number of fused-ring (bicyclic) bond motifs is 2. The van der Waals surface area contributed by atoms with E-state index >= 15 is 0 Å². The molecule has 0 saturated carbocycles. The quantitative estimate of drug-likeness (QED) is 0.481. The van der Waals surface area contributed by atoms with Crippen molar-refractivity contribution in [2.45, 2.75) is 18.8 Å². The first-order valence-corrected chi connectivity index (χ1v) is 7.30. The molecule has 0 radical (unpaired) electrons. The SMILES string of the molecule is COC(CO)C(O)Cn1cc2c(nc1=O)Nc1c(N)cccc1O2. The minimum Gasteiger partial charge on any atom is -0.450 e. The van der Waals surface area contributed by atoms with Crippen molar-refractivity contribution in [2.24, 2.45) is 0 Å². The molecule has 24 heavy (non-hydrogen) atoms.